The fourth-order valence-electron chi connectivity index (χ4n) is 10.2. The summed E-state index contributed by atoms with van der Waals surface area (Å²) in [6.45, 7) is 23.9. The van der Waals surface area contributed by atoms with Crippen molar-refractivity contribution in [3.05, 3.63) is 106 Å². The fourth-order valence-corrected chi connectivity index (χ4v) is 14.7. The molecule has 0 bridgehead atoms. The number of carbonyl (C=O) groups is 2. The highest BCUT2D eigenvalue weighted by atomic mass is 35.5. The van der Waals surface area contributed by atoms with E-state index in [9.17, 15) is 0 Å². The SMILES string of the molecule is CN1CCN(CCCN(CCCN2CCN(C)CC2)C(=O)c2ccc(Sc3ccc(Cl)cc3)cc2SSc2cc(Sc3ccc(Cl)cc3)ccc2C(=O)N(CCCN2CCN(C)CC2)CCCN2CCN(C)CC2)CC1. The highest BCUT2D eigenvalue weighted by Crippen LogP contribution is 2.45. The van der Waals surface area contributed by atoms with Gasteiger partial charge in [-0.25, -0.2) is 0 Å². The van der Waals surface area contributed by atoms with Gasteiger partial charge in [0, 0.05) is 170 Å². The molecule has 0 aromatic heterocycles. The number of amides is 2. The van der Waals surface area contributed by atoms with Gasteiger partial charge in [-0.3, -0.25) is 9.59 Å². The molecule has 0 aliphatic carbocycles. The average Bonchev–Trinajstić information content (AvgIpc) is 3.43. The molecule has 414 valence electrons. The van der Waals surface area contributed by atoms with Crippen LogP contribution in [0.2, 0.25) is 10.0 Å². The second-order valence-electron chi connectivity index (χ2n) is 21.2. The minimum Gasteiger partial charge on any atom is -0.339 e. The molecule has 4 aliphatic rings. The molecule has 0 spiro atoms. The molecule has 0 unspecified atom stereocenters. The molecule has 0 atom stereocenters. The largest absolute Gasteiger partial charge is 0.339 e. The number of hydrogen-bond donors (Lipinski definition) is 0. The van der Waals surface area contributed by atoms with E-state index < -0.39 is 0 Å². The lowest BCUT2D eigenvalue weighted by Gasteiger charge is -2.34. The summed E-state index contributed by atoms with van der Waals surface area (Å²) in [5.41, 5.74) is 1.40. The van der Waals surface area contributed by atoms with Crippen molar-refractivity contribution < 1.29 is 9.59 Å². The molecule has 8 rings (SSSR count). The summed E-state index contributed by atoms with van der Waals surface area (Å²) >= 11 is 16.0. The van der Waals surface area contributed by atoms with Crippen molar-refractivity contribution in [2.45, 2.75) is 55.1 Å². The summed E-state index contributed by atoms with van der Waals surface area (Å²) in [7, 11) is 12.0. The minimum atomic E-state index is 0.0677. The Morgan fingerprint density at radius 1 is 0.395 bits per heavy atom. The summed E-state index contributed by atoms with van der Waals surface area (Å²) in [6, 6.07) is 28.5. The lowest BCUT2D eigenvalue weighted by atomic mass is 10.1. The van der Waals surface area contributed by atoms with Crippen molar-refractivity contribution in [1.82, 2.24) is 49.0 Å². The average molecular weight is 1150 g/mol. The number of benzene rings is 4. The number of rotatable bonds is 25. The monoisotopic (exact) mass is 1150 g/mol. The first-order chi connectivity index (χ1) is 36.9. The van der Waals surface area contributed by atoms with Crippen LogP contribution in [0.25, 0.3) is 0 Å². The van der Waals surface area contributed by atoms with Crippen molar-refractivity contribution in [3.8, 4) is 0 Å². The molecule has 12 nitrogen and oxygen atoms in total. The van der Waals surface area contributed by atoms with Gasteiger partial charge in [-0.05, 0) is 165 Å². The van der Waals surface area contributed by atoms with Crippen LogP contribution < -0.4 is 0 Å². The van der Waals surface area contributed by atoms with Gasteiger partial charge < -0.3 is 49.0 Å². The summed E-state index contributed by atoms with van der Waals surface area (Å²) in [5.74, 6) is 0.135. The van der Waals surface area contributed by atoms with E-state index in [2.05, 4.69) is 101 Å². The topological polar surface area (TPSA) is 66.5 Å². The van der Waals surface area contributed by atoms with Crippen molar-refractivity contribution >= 4 is 80.1 Å². The molecule has 0 N–H and O–H groups in total. The van der Waals surface area contributed by atoms with Crippen LogP contribution in [-0.2, 0) is 0 Å². The molecule has 0 radical (unpaired) electrons. The molecular formula is C58H82Cl2N10O2S4. The Morgan fingerprint density at radius 2 is 0.658 bits per heavy atom. The van der Waals surface area contributed by atoms with E-state index in [1.54, 1.807) is 45.1 Å². The summed E-state index contributed by atoms with van der Waals surface area (Å²) in [4.78, 5) is 60.6. The third-order valence-corrected chi connectivity index (χ3v) is 20.2. The van der Waals surface area contributed by atoms with Gasteiger partial charge in [-0.1, -0.05) is 68.3 Å². The predicted octanol–water partition coefficient (Wildman–Crippen LogP) is 9.53. The highest BCUT2D eigenvalue weighted by molar-refractivity contribution is 8.76. The molecule has 4 aliphatic heterocycles. The molecule has 2 amide bonds. The van der Waals surface area contributed by atoms with E-state index >= 15 is 9.59 Å². The molecule has 4 heterocycles. The van der Waals surface area contributed by atoms with Crippen LogP contribution in [0, 0.1) is 0 Å². The van der Waals surface area contributed by atoms with Crippen molar-refractivity contribution in [1.29, 1.82) is 0 Å². The number of likely N-dealkylation sites (N-methyl/N-ethyl adjacent to an activating group) is 4. The maximum Gasteiger partial charge on any atom is 0.255 e. The van der Waals surface area contributed by atoms with Crippen LogP contribution in [-0.4, -0.2) is 246 Å². The zero-order chi connectivity index (χ0) is 53.2. The van der Waals surface area contributed by atoms with E-state index in [1.165, 1.54) is 0 Å². The molecule has 4 fully saturated rings. The first-order valence-electron chi connectivity index (χ1n) is 27.6. The zero-order valence-electron chi connectivity index (χ0n) is 45.6. The maximum atomic E-state index is 15.3. The van der Waals surface area contributed by atoms with Gasteiger partial charge in [0.2, 0.25) is 0 Å². The van der Waals surface area contributed by atoms with Crippen LogP contribution in [0.5, 0.6) is 0 Å². The molecule has 4 aromatic rings. The number of piperazine rings is 4. The smallest absolute Gasteiger partial charge is 0.255 e. The Labute approximate surface area is 481 Å². The first-order valence-corrected chi connectivity index (χ1v) is 32.2. The first kappa shape index (κ1) is 59.6. The van der Waals surface area contributed by atoms with Crippen LogP contribution in [0.4, 0.5) is 0 Å². The molecule has 4 aromatic carbocycles. The molecule has 4 saturated heterocycles. The van der Waals surface area contributed by atoms with Crippen molar-refractivity contribution in [3.63, 3.8) is 0 Å². The Kier molecular flexibility index (Phi) is 24.2. The molecular weight excluding hydrogens is 1070 g/mol. The summed E-state index contributed by atoms with van der Waals surface area (Å²) in [5, 5.41) is 1.40. The van der Waals surface area contributed by atoms with Gasteiger partial charge in [0.05, 0.1) is 11.1 Å². The van der Waals surface area contributed by atoms with Crippen molar-refractivity contribution in [2.75, 3.05) is 185 Å². The van der Waals surface area contributed by atoms with Gasteiger partial charge in [-0.2, -0.15) is 0 Å². The van der Waals surface area contributed by atoms with Crippen molar-refractivity contribution in [2.24, 2.45) is 0 Å². The third kappa shape index (κ3) is 19.1. The third-order valence-electron chi connectivity index (χ3n) is 15.3. The molecule has 76 heavy (non-hydrogen) atoms. The summed E-state index contributed by atoms with van der Waals surface area (Å²) in [6.07, 6.45) is 3.71. The number of carbonyl (C=O) groups excluding carboxylic acids is 2. The fraction of sp³-hybridized carbons (Fsp3) is 0.552. The van der Waals surface area contributed by atoms with Gasteiger partial charge in [0.25, 0.3) is 11.8 Å². The number of nitrogens with zero attached hydrogens (tertiary/aromatic N) is 10. The lowest BCUT2D eigenvalue weighted by molar-refractivity contribution is 0.0716. The van der Waals surface area contributed by atoms with E-state index in [-0.39, 0.29) is 11.8 Å². The zero-order valence-corrected chi connectivity index (χ0v) is 50.3. The van der Waals surface area contributed by atoms with E-state index in [0.29, 0.717) is 47.4 Å². The van der Waals surface area contributed by atoms with E-state index in [0.717, 1.165) is 186 Å². The Morgan fingerprint density at radius 3 is 0.934 bits per heavy atom. The lowest BCUT2D eigenvalue weighted by Crippen LogP contribution is -2.46. The van der Waals surface area contributed by atoms with Gasteiger partial charge in [0.1, 0.15) is 0 Å². The number of halogens is 2. The maximum absolute atomic E-state index is 15.3. The van der Waals surface area contributed by atoms with Crippen LogP contribution >= 0.6 is 68.3 Å². The van der Waals surface area contributed by atoms with Gasteiger partial charge in [0.15, 0.2) is 0 Å². The molecule has 18 heteroatoms. The Balaban J connectivity index is 1.07. The molecule has 0 saturated carbocycles. The quantitative estimate of drug-likeness (QED) is 0.0593. The van der Waals surface area contributed by atoms with Crippen LogP contribution in [0.1, 0.15) is 46.4 Å². The van der Waals surface area contributed by atoms with Crippen LogP contribution in [0.15, 0.2) is 114 Å². The normalized spacial score (nSPS) is 18.3. The minimum absolute atomic E-state index is 0.0677. The summed E-state index contributed by atoms with van der Waals surface area (Å²) < 4.78 is 0. The standard InChI is InChI=1S/C58H82Cl2N10O2S4/c1-61-29-37-65(38-30-61)21-5-25-69(26-6-22-66-39-31-62(2)32-40-66)57(71)53-19-17-51(73-49-13-9-47(59)10-14-49)45-55(53)75-76-56-46-52(74-50-15-11-48(60)12-16-50)18-20-54(56)58(72)70(27-7-23-67-41-33-63(3)34-42-67)28-8-24-68-43-35-64(4)36-44-68/h9-20,45-46H,5-8,21-44H2,1-4H3. The van der Waals surface area contributed by atoms with E-state index in [1.807, 2.05) is 60.7 Å². The predicted molar refractivity (Wildman–Crippen MR) is 322 cm³/mol. The second-order valence-corrected chi connectivity index (χ2v) is 26.6. The Hall–Kier alpha value is -2.52. The van der Waals surface area contributed by atoms with E-state index in [4.69, 9.17) is 23.2 Å². The second kappa shape index (κ2) is 30.9. The highest BCUT2D eigenvalue weighted by Gasteiger charge is 2.26. The van der Waals surface area contributed by atoms with Crippen LogP contribution in [0.3, 0.4) is 0 Å². The number of hydrogen-bond acceptors (Lipinski definition) is 14. The Bertz CT molecular complexity index is 2190. The van der Waals surface area contributed by atoms with Gasteiger partial charge >= 0.3 is 0 Å². The van der Waals surface area contributed by atoms with Gasteiger partial charge in [-0.15, -0.1) is 0 Å².